The summed E-state index contributed by atoms with van der Waals surface area (Å²) in [5, 5.41) is 8.75. The summed E-state index contributed by atoms with van der Waals surface area (Å²) >= 11 is 0. The monoisotopic (exact) mass is 193 g/mol. The second kappa shape index (κ2) is 5.38. The summed E-state index contributed by atoms with van der Waals surface area (Å²) in [5.74, 6) is -0.777. The van der Waals surface area contributed by atoms with Gasteiger partial charge in [0.15, 0.2) is 0 Å². The molecule has 0 saturated carbocycles. The van der Waals surface area contributed by atoms with Gasteiger partial charge in [-0.3, -0.25) is 4.79 Å². The fraction of sp³-hybridized carbons (Fsp3) is 0.875. The van der Waals surface area contributed by atoms with Crippen molar-refractivity contribution >= 4 is 18.4 Å². The SMILES string of the molecule is CN1CCCCC(C(=O)O)C1.Cl. The number of rotatable bonds is 1. The molecule has 0 spiro atoms. The van der Waals surface area contributed by atoms with Crippen LogP contribution in [0.25, 0.3) is 0 Å². The third kappa shape index (κ3) is 3.41. The van der Waals surface area contributed by atoms with Crippen LogP contribution in [0, 0.1) is 5.92 Å². The number of carboxylic acid groups (broad SMARTS) is 1. The van der Waals surface area contributed by atoms with E-state index in [2.05, 4.69) is 4.90 Å². The van der Waals surface area contributed by atoms with Crippen LogP contribution in [-0.2, 0) is 4.79 Å². The number of likely N-dealkylation sites (tertiary alicyclic amines) is 1. The van der Waals surface area contributed by atoms with Gasteiger partial charge in [-0.25, -0.2) is 0 Å². The predicted octanol–water partition coefficient (Wildman–Crippen LogP) is 1.22. The second-order valence-electron chi connectivity index (χ2n) is 3.29. The maximum absolute atomic E-state index is 10.6. The maximum atomic E-state index is 10.6. The lowest BCUT2D eigenvalue weighted by Crippen LogP contribution is -2.28. The van der Waals surface area contributed by atoms with Crippen molar-refractivity contribution in [3.8, 4) is 0 Å². The molecule has 4 heteroatoms. The highest BCUT2D eigenvalue weighted by atomic mass is 35.5. The summed E-state index contributed by atoms with van der Waals surface area (Å²) in [6, 6.07) is 0. The zero-order valence-corrected chi connectivity index (χ0v) is 8.14. The van der Waals surface area contributed by atoms with Gasteiger partial charge < -0.3 is 10.0 Å². The largest absolute Gasteiger partial charge is 0.481 e. The normalized spacial score (nSPS) is 25.6. The zero-order chi connectivity index (χ0) is 8.27. The van der Waals surface area contributed by atoms with Gasteiger partial charge in [0, 0.05) is 6.54 Å². The van der Waals surface area contributed by atoms with E-state index in [1.165, 1.54) is 0 Å². The standard InChI is InChI=1S/C8H15NO2.ClH/c1-9-5-3-2-4-7(6-9)8(10)11;/h7H,2-6H2,1H3,(H,10,11);1H. The van der Waals surface area contributed by atoms with Crippen molar-refractivity contribution in [3.05, 3.63) is 0 Å². The number of aliphatic carboxylic acids is 1. The van der Waals surface area contributed by atoms with E-state index in [0.717, 1.165) is 32.4 Å². The number of carbonyl (C=O) groups is 1. The lowest BCUT2D eigenvalue weighted by Gasteiger charge is -2.15. The molecule has 1 saturated heterocycles. The van der Waals surface area contributed by atoms with Gasteiger partial charge in [0.2, 0.25) is 0 Å². The smallest absolute Gasteiger partial charge is 0.307 e. The number of nitrogens with zero attached hydrogens (tertiary/aromatic N) is 1. The van der Waals surface area contributed by atoms with Crippen LogP contribution in [0.15, 0.2) is 0 Å². The minimum Gasteiger partial charge on any atom is -0.481 e. The van der Waals surface area contributed by atoms with Crippen molar-refractivity contribution < 1.29 is 9.90 Å². The van der Waals surface area contributed by atoms with Crippen LogP contribution in [0.5, 0.6) is 0 Å². The minimum atomic E-state index is -0.640. The summed E-state index contributed by atoms with van der Waals surface area (Å²) in [5.41, 5.74) is 0. The Morgan fingerprint density at radius 2 is 2.17 bits per heavy atom. The fourth-order valence-electron chi connectivity index (χ4n) is 1.53. The third-order valence-corrected chi connectivity index (χ3v) is 2.22. The number of hydrogen-bond acceptors (Lipinski definition) is 2. The van der Waals surface area contributed by atoms with Gasteiger partial charge in [0.1, 0.15) is 0 Å². The van der Waals surface area contributed by atoms with E-state index in [-0.39, 0.29) is 18.3 Å². The van der Waals surface area contributed by atoms with E-state index in [9.17, 15) is 4.79 Å². The number of hydrogen-bond donors (Lipinski definition) is 1. The molecule has 1 rings (SSSR count). The summed E-state index contributed by atoms with van der Waals surface area (Å²) in [6.07, 6.45) is 3.04. The highest BCUT2D eigenvalue weighted by molar-refractivity contribution is 5.85. The molecule has 0 radical (unpaired) electrons. The van der Waals surface area contributed by atoms with E-state index >= 15 is 0 Å². The highest BCUT2D eigenvalue weighted by Crippen LogP contribution is 2.14. The van der Waals surface area contributed by atoms with Crippen molar-refractivity contribution in [2.24, 2.45) is 5.92 Å². The first-order valence-corrected chi connectivity index (χ1v) is 4.11. The predicted molar refractivity (Wildman–Crippen MR) is 49.7 cm³/mol. The Kier molecular flexibility index (Phi) is 5.25. The van der Waals surface area contributed by atoms with Crippen molar-refractivity contribution in [2.75, 3.05) is 20.1 Å². The molecule has 1 N–H and O–H groups in total. The van der Waals surface area contributed by atoms with Gasteiger partial charge in [-0.05, 0) is 26.4 Å². The molecule has 0 amide bonds. The van der Waals surface area contributed by atoms with E-state index in [1.807, 2.05) is 7.05 Å². The molecule has 1 heterocycles. The molecule has 3 nitrogen and oxygen atoms in total. The average molecular weight is 194 g/mol. The van der Waals surface area contributed by atoms with Crippen molar-refractivity contribution in [1.82, 2.24) is 4.90 Å². The van der Waals surface area contributed by atoms with Crippen LogP contribution in [0.3, 0.4) is 0 Å². The molecule has 0 bridgehead atoms. The summed E-state index contributed by atoms with van der Waals surface area (Å²) in [6.45, 7) is 1.76. The van der Waals surface area contributed by atoms with Gasteiger partial charge >= 0.3 is 5.97 Å². The van der Waals surface area contributed by atoms with Gasteiger partial charge in [0.05, 0.1) is 5.92 Å². The van der Waals surface area contributed by atoms with Gasteiger partial charge in [0.25, 0.3) is 0 Å². The average Bonchev–Trinajstić information content (AvgIpc) is 2.13. The Bertz CT molecular complexity index is 152. The number of halogens is 1. The molecular weight excluding hydrogens is 178 g/mol. The van der Waals surface area contributed by atoms with E-state index in [4.69, 9.17) is 5.11 Å². The Morgan fingerprint density at radius 3 is 2.75 bits per heavy atom. The molecule has 0 aromatic heterocycles. The molecule has 1 fully saturated rings. The van der Waals surface area contributed by atoms with Crippen molar-refractivity contribution in [1.29, 1.82) is 0 Å². The molecule has 1 aliphatic heterocycles. The van der Waals surface area contributed by atoms with Crippen LogP contribution in [0.1, 0.15) is 19.3 Å². The fourth-order valence-corrected chi connectivity index (χ4v) is 1.53. The minimum absolute atomic E-state index is 0. The molecule has 1 unspecified atom stereocenters. The van der Waals surface area contributed by atoms with Gasteiger partial charge in [-0.2, -0.15) is 0 Å². The molecule has 0 aliphatic carbocycles. The van der Waals surface area contributed by atoms with Gasteiger partial charge in [-0.15, -0.1) is 12.4 Å². The van der Waals surface area contributed by atoms with Crippen LogP contribution in [0.2, 0.25) is 0 Å². The van der Waals surface area contributed by atoms with E-state index < -0.39 is 5.97 Å². The Morgan fingerprint density at radius 1 is 1.50 bits per heavy atom. The molecule has 12 heavy (non-hydrogen) atoms. The molecule has 0 aromatic carbocycles. The first-order chi connectivity index (χ1) is 5.20. The first-order valence-electron chi connectivity index (χ1n) is 4.11. The lowest BCUT2D eigenvalue weighted by molar-refractivity contribution is -0.142. The molecule has 1 atom stereocenters. The maximum Gasteiger partial charge on any atom is 0.307 e. The molecule has 0 aromatic rings. The van der Waals surface area contributed by atoms with Crippen molar-refractivity contribution in [2.45, 2.75) is 19.3 Å². The summed E-state index contributed by atoms with van der Waals surface area (Å²) in [4.78, 5) is 12.7. The topological polar surface area (TPSA) is 40.5 Å². The second-order valence-corrected chi connectivity index (χ2v) is 3.29. The lowest BCUT2D eigenvalue weighted by atomic mass is 10.0. The van der Waals surface area contributed by atoms with Crippen LogP contribution in [-0.4, -0.2) is 36.1 Å². The molecular formula is C8H16ClNO2. The van der Waals surface area contributed by atoms with Crippen molar-refractivity contribution in [3.63, 3.8) is 0 Å². The summed E-state index contributed by atoms with van der Waals surface area (Å²) < 4.78 is 0. The van der Waals surface area contributed by atoms with E-state index in [1.54, 1.807) is 0 Å². The Labute approximate surface area is 79.2 Å². The zero-order valence-electron chi connectivity index (χ0n) is 7.32. The molecule has 1 aliphatic rings. The first kappa shape index (κ1) is 11.7. The molecule has 72 valence electrons. The Hall–Kier alpha value is -0.280. The van der Waals surface area contributed by atoms with Crippen LogP contribution < -0.4 is 0 Å². The summed E-state index contributed by atoms with van der Waals surface area (Å²) in [7, 11) is 1.99. The number of carboxylic acids is 1. The van der Waals surface area contributed by atoms with Crippen LogP contribution >= 0.6 is 12.4 Å². The van der Waals surface area contributed by atoms with Crippen LogP contribution in [0.4, 0.5) is 0 Å². The highest BCUT2D eigenvalue weighted by Gasteiger charge is 2.21. The Balaban J connectivity index is 0.00000121. The van der Waals surface area contributed by atoms with Gasteiger partial charge in [-0.1, -0.05) is 6.42 Å². The quantitative estimate of drug-likeness (QED) is 0.681. The van der Waals surface area contributed by atoms with E-state index in [0.29, 0.717) is 0 Å². The third-order valence-electron chi connectivity index (χ3n) is 2.22.